The van der Waals surface area contributed by atoms with Crippen LogP contribution in [-0.2, 0) is 0 Å². The smallest absolute Gasteiger partial charge is 0.209 e. The van der Waals surface area contributed by atoms with Crippen molar-refractivity contribution >= 4 is 0 Å². The first-order valence-electron chi connectivity index (χ1n) is 2.69. The van der Waals surface area contributed by atoms with Crippen LogP contribution in [0.25, 0.3) is 0 Å². The first-order chi connectivity index (χ1) is 4.33. The van der Waals surface area contributed by atoms with Gasteiger partial charge in [-0.3, -0.25) is 0 Å². The molecular weight excluding hydrogens is 114 g/mol. The van der Waals surface area contributed by atoms with Gasteiger partial charge in [0.05, 0.1) is 5.69 Å². The van der Waals surface area contributed by atoms with E-state index in [2.05, 4.69) is 17.0 Å². The summed E-state index contributed by atoms with van der Waals surface area (Å²) in [5, 5.41) is 3.66. The van der Waals surface area contributed by atoms with Gasteiger partial charge in [0.1, 0.15) is 0 Å². The van der Waals surface area contributed by atoms with Gasteiger partial charge in [0.25, 0.3) is 0 Å². The van der Waals surface area contributed by atoms with Crippen LogP contribution in [0.2, 0.25) is 0 Å². The van der Waals surface area contributed by atoms with Crippen LogP contribution in [0.4, 0.5) is 0 Å². The Kier molecular flexibility index (Phi) is 1.55. The average Bonchev–Trinajstić information content (AvgIpc) is 2.17. The molecular formula is C7H7NO. The molecule has 2 heteroatoms. The fourth-order valence-electron chi connectivity index (χ4n) is 0.546. The summed E-state index contributed by atoms with van der Waals surface area (Å²) in [6.45, 7) is 3.63. The van der Waals surface area contributed by atoms with E-state index in [1.54, 1.807) is 13.0 Å². The number of hydrogen-bond donors (Lipinski definition) is 0. The Morgan fingerprint density at radius 3 is 2.89 bits per heavy atom. The molecule has 2 nitrogen and oxygen atoms in total. The topological polar surface area (TPSA) is 26.0 Å². The molecule has 0 saturated carbocycles. The van der Waals surface area contributed by atoms with E-state index >= 15 is 0 Å². The molecule has 0 N–H and O–H groups in total. The Balaban J connectivity index is 2.93. The maximum Gasteiger partial charge on any atom is 0.209 e. The molecule has 0 unspecified atom stereocenters. The van der Waals surface area contributed by atoms with Gasteiger partial charge in [-0.1, -0.05) is 11.1 Å². The zero-order chi connectivity index (χ0) is 6.69. The predicted molar refractivity (Wildman–Crippen MR) is 33.8 cm³/mol. The van der Waals surface area contributed by atoms with Crippen LogP contribution in [0.15, 0.2) is 10.6 Å². The third-order valence-electron chi connectivity index (χ3n) is 0.876. The van der Waals surface area contributed by atoms with Gasteiger partial charge >= 0.3 is 0 Å². The second kappa shape index (κ2) is 2.36. The molecule has 1 aromatic heterocycles. The van der Waals surface area contributed by atoms with Gasteiger partial charge in [-0.25, -0.2) is 0 Å². The fourth-order valence-corrected chi connectivity index (χ4v) is 0.546. The molecule has 0 amide bonds. The zero-order valence-corrected chi connectivity index (χ0v) is 5.43. The summed E-state index contributed by atoms with van der Waals surface area (Å²) in [7, 11) is 0. The lowest BCUT2D eigenvalue weighted by atomic mass is 10.4. The van der Waals surface area contributed by atoms with Crippen molar-refractivity contribution in [1.29, 1.82) is 0 Å². The van der Waals surface area contributed by atoms with Gasteiger partial charge in [0.2, 0.25) is 5.76 Å². The maximum atomic E-state index is 4.78. The first-order valence-corrected chi connectivity index (χ1v) is 2.69. The van der Waals surface area contributed by atoms with Crippen LogP contribution in [-0.4, -0.2) is 5.16 Å². The van der Waals surface area contributed by atoms with Crippen LogP contribution < -0.4 is 0 Å². The standard InChI is InChI=1S/C7H7NO/c1-3-4-7-5-6(2)8-9-7/h5H,1-2H3. The van der Waals surface area contributed by atoms with Crippen LogP contribution in [0, 0.1) is 18.8 Å². The van der Waals surface area contributed by atoms with Crippen LogP contribution in [0.5, 0.6) is 0 Å². The SMILES string of the molecule is CC#Cc1cc(C)no1. The number of hydrogen-bond acceptors (Lipinski definition) is 2. The van der Waals surface area contributed by atoms with Crippen molar-refractivity contribution in [2.45, 2.75) is 13.8 Å². The summed E-state index contributed by atoms with van der Waals surface area (Å²) in [5.74, 6) is 6.10. The molecule has 0 aliphatic carbocycles. The lowest BCUT2D eigenvalue weighted by Gasteiger charge is -1.68. The molecule has 0 saturated heterocycles. The molecule has 0 spiro atoms. The Bertz CT molecular complexity index is 251. The summed E-state index contributed by atoms with van der Waals surface area (Å²) in [4.78, 5) is 0. The van der Waals surface area contributed by atoms with E-state index in [1.165, 1.54) is 0 Å². The molecule has 1 aromatic rings. The van der Waals surface area contributed by atoms with Crippen molar-refractivity contribution < 1.29 is 4.52 Å². The van der Waals surface area contributed by atoms with Crippen LogP contribution >= 0.6 is 0 Å². The number of rotatable bonds is 0. The van der Waals surface area contributed by atoms with Crippen LogP contribution in [0.1, 0.15) is 18.4 Å². The van der Waals surface area contributed by atoms with Gasteiger partial charge in [0.15, 0.2) is 0 Å². The molecule has 1 rings (SSSR count). The molecule has 9 heavy (non-hydrogen) atoms. The quantitative estimate of drug-likeness (QED) is 0.484. The third kappa shape index (κ3) is 1.33. The number of nitrogens with zero attached hydrogens (tertiary/aromatic N) is 1. The molecule has 1 heterocycles. The summed E-state index contributed by atoms with van der Waals surface area (Å²) in [6.07, 6.45) is 0. The second-order valence-corrected chi connectivity index (χ2v) is 1.71. The highest BCUT2D eigenvalue weighted by Crippen LogP contribution is 1.98. The van der Waals surface area contributed by atoms with Crippen LogP contribution in [0.3, 0.4) is 0 Å². The Labute approximate surface area is 53.9 Å². The van der Waals surface area contributed by atoms with E-state index in [4.69, 9.17) is 4.52 Å². The van der Waals surface area contributed by atoms with Crippen molar-refractivity contribution in [3.63, 3.8) is 0 Å². The lowest BCUT2D eigenvalue weighted by Crippen LogP contribution is -1.60. The molecule has 46 valence electrons. The largest absolute Gasteiger partial charge is 0.347 e. The van der Waals surface area contributed by atoms with Crippen molar-refractivity contribution in [2.75, 3.05) is 0 Å². The minimum Gasteiger partial charge on any atom is -0.347 e. The minimum absolute atomic E-state index is 0.634. The van der Waals surface area contributed by atoms with Crippen molar-refractivity contribution in [2.24, 2.45) is 0 Å². The van der Waals surface area contributed by atoms with E-state index < -0.39 is 0 Å². The van der Waals surface area contributed by atoms with E-state index in [0.29, 0.717) is 5.76 Å². The Hall–Kier alpha value is -1.23. The normalized spacial score (nSPS) is 8.22. The molecule has 0 aromatic carbocycles. The third-order valence-corrected chi connectivity index (χ3v) is 0.876. The number of aryl methyl sites for hydroxylation is 1. The van der Waals surface area contributed by atoms with Gasteiger partial charge in [-0.15, -0.1) is 0 Å². The monoisotopic (exact) mass is 121 g/mol. The first kappa shape index (κ1) is 5.90. The van der Waals surface area contributed by atoms with Crippen molar-refractivity contribution in [3.05, 3.63) is 17.5 Å². The highest BCUT2D eigenvalue weighted by Gasteiger charge is 1.92. The van der Waals surface area contributed by atoms with Gasteiger partial charge in [-0.05, 0) is 19.8 Å². The average molecular weight is 121 g/mol. The van der Waals surface area contributed by atoms with Crippen molar-refractivity contribution in [3.8, 4) is 11.8 Å². The highest BCUT2D eigenvalue weighted by molar-refractivity contribution is 5.24. The maximum absolute atomic E-state index is 4.78. The summed E-state index contributed by atoms with van der Waals surface area (Å²) < 4.78 is 4.78. The van der Waals surface area contributed by atoms with Gasteiger partial charge < -0.3 is 4.52 Å². The Morgan fingerprint density at radius 2 is 2.44 bits per heavy atom. The molecule has 0 aliphatic rings. The fraction of sp³-hybridized carbons (Fsp3) is 0.286. The highest BCUT2D eigenvalue weighted by atomic mass is 16.5. The summed E-state index contributed by atoms with van der Waals surface area (Å²) >= 11 is 0. The molecule has 0 fully saturated rings. The molecule has 0 aliphatic heterocycles. The second-order valence-electron chi connectivity index (χ2n) is 1.71. The molecule has 0 atom stereocenters. The molecule has 0 radical (unpaired) electrons. The van der Waals surface area contributed by atoms with E-state index in [0.717, 1.165) is 5.69 Å². The van der Waals surface area contributed by atoms with E-state index in [1.807, 2.05) is 6.92 Å². The number of aromatic nitrogens is 1. The summed E-state index contributed by atoms with van der Waals surface area (Å²) in [5.41, 5.74) is 0.868. The Morgan fingerprint density at radius 1 is 1.67 bits per heavy atom. The lowest BCUT2D eigenvalue weighted by molar-refractivity contribution is 0.406. The minimum atomic E-state index is 0.634. The summed E-state index contributed by atoms with van der Waals surface area (Å²) in [6, 6.07) is 1.80. The zero-order valence-electron chi connectivity index (χ0n) is 5.43. The van der Waals surface area contributed by atoms with Gasteiger partial charge in [0, 0.05) is 6.07 Å². The molecule has 0 bridgehead atoms. The van der Waals surface area contributed by atoms with Gasteiger partial charge in [-0.2, -0.15) is 0 Å². The van der Waals surface area contributed by atoms with E-state index in [9.17, 15) is 0 Å². The van der Waals surface area contributed by atoms with E-state index in [-0.39, 0.29) is 0 Å². The predicted octanol–water partition coefficient (Wildman–Crippen LogP) is 1.35. The van der Waals surface area contributed by atoms with Crippen molar-refractivity contribution in [1.82, 2.24) is 5.16 Å².